The quantitative estimate of drug-likeness (QED) is 0.544. The van der Waals surface area contributed by atoms with Gasteiger partial charge in [-0.15, -0.1) is 0 Å². The molecule has 1 aromatic carbocycles. The van der Waals surface area contributed by atoms with Crippen molar-refractivity contribution in [3.63, 3.8) is 0 Å². The first-order valence-electron chi connectivity index (χ1n) is 8.02. The number of aryl methyl sites for hydroxylation is 1. The van der Waals surface area contributed by atoms with Crippen LogP contribution in [0.25, 0.3) is 17.2 Å². The number of nitrogens with zero attached hydrogens (tertiary/aromatic N) is 5. The predicted octanol–water partition coefficient (Wildman–Crippen LogP) is 3.35. The van der Waals surface area contributed by atoms with Crippen LogP contribution in [0, 0.1) is 30.3 Å². The predicted molar refractivity (Wildman–Crippen MR) is 89.5 cm³/mol. The van der Waals surface area contributed by atoms with Crippen LogP contribution < -0.4 is 0 Å². The molecule has 0 radical (unpaired) electrons. The van der Waals surface area contributed by atoms with Crippen LogP contribution in [-0.2, 0) is 6.42 Å². The van der Waals surface area contributed by atoms with Gasteiger partial charge in [-0.2, -0.15) is 13.8 Å². The highest BCUT2D eigenvalue weighted by Crippen LogP contribution is 2.23. The van der Waals surface area contributed by atoms with Gasteiger partial charge in [0.1, 0.15) is 17.3 Å². The summed E-state index contributed by atoms with van der Waals surface area (Å²) in [6.45, 7) is 1.43. The summed E-state index contributed by atoms with van der Waals surface area (Å²) in [5.74, 6) is -4.08. The second-order valence-corrected chi connectivity index (χ2v) is 6.08. The van der Waals surface area contributed by atoms with Crippen molar-refractivity contribution in [3.05, 3.63) is 70.9 Å². The monoisotopic (exact) mass is 389 g/mol. The van der Waals surface area contributed by atoms with Crippen molar-refractivity contribution in [2.45, 2.75) is 13.3 Å². The highest BCUT2D eigenvalue weighted by molar-refractivity contribution is 5.56. The number of imidazole rings is 1. The van der Waals surface area contributed by atoms with Gasteiger partial charge in [0.15, 0.2) is 11.5 Å². The Morgan fingerprint density at radius 1 is 0.964 bits per heavy atom. The van der Waals surface area contributed by atoms with E-state index in [2.05, 4.69) is 19.9 Å². The largest absolute Gasteiger partial charge is 0.491 e. The van der Waals surface area contributed by atoms with Gasteiger partial charge in [-0.1, -0.05) is 0 Å². The third-order valence-corrected chi connectivity index (χ3v) is 4.16. The number of hydrogen-bond donors (Lipinski definition) is 1. The Kier molecular flexibility index (Phi) is 4.17. The fourth-order valence-electron chi connectivity index (χ4n) is 2.73. The molecule has 6 nitrogen and oxygen atoms in total. The molecule has 3 aromatic heterocycles. The Hall–Kier alpha value is -3.56. The lowest BCUT2D eigenvalue weighted by atomic mass is 10.1. The van der Waals surface area contributed by atoms with Crippen LogP contribution >= 0.6 is 0 Å². The molecule has 0 fully saturated rings. The molecule has 1 N–H and O–H groups in total. The molecular formula is C18H11F4N5O. The standard InChI is InChI=1S/C18H11F4N5O/c1-8-2-11(20)9(3-10(8)19)4-13-17-24-6-15(22)27(17)7-14(25-13)16-23-5-12(21)18(28)26-16/h2-3,5-7H,4H2,1H3,(H,23,26,28). The zero-order valence-electron chi connectivity index (χ0n) is 14.3. The van der Waals surface area contributed by atoms with Gasteiger partial charge in [-0.05, 0) is 30.2 Å². The molecule has 3 heterocycles. The second kappa shape index (κ2) is 6.55. The summed E-state index contributed by atoms with van der Waals surface area (Å²) in [6.07, 6.45) is 2.70. The molecule has 4 aromatic rings. The lowest BCUT2D eigenvalue weighted by Crippen LogP contribution is -2.05. The topological polar surface area (TPSA) is 76.2 Å². The average molecular weight is 389 g/mol. The molecule has 0 aliphatic carbocycles. The molecule has 28 heavy (non-hydrogen) atoms. The van der Waals surface area contributed by atoms with E-state index in [9.17, 15) is 22.7 Å². The summed E-state index contributed by atoms with van der Waals surface area (Å²) in [5, 5.41) is 9.45. The molecule has 0 saturated carbocycles. The van der Waals surface area contributed by atoms with Crippen LogP contribution in [0.2, 0.25) is 0 Å². The maximum absolute atomic E-state index is 14.2. The van der Waals surface area contributed by atoms with Crippen molar-refractivity contribution >= 4 is 5.65 Å². The minimum absolute atomic E-state index is 0.000861. The molecule has 0 bridgehead atoms. The van der Waals surface area contributed by atoms with Crippen LogP contribution in [0.3, 0.4) is 0 Å². The summed E-state index contributed by atoms with van der Waals surface area (Å²) in [5.41, 5.74) is 0.350. The van der Waals surface area contributed by atoms with Crippen LogP contribution in [0.5, 0.6) is 5.88 Å². The second-order valence-electron chi connectivity index (χ2n) is 6.08. The SMILES string of the molecule is Cc1cc(F)c(Cc2nc(-c3ncc(F)c(O)n3)cn3c(F)cnc23)cc1F. The lowest BCUT2D eigenvalue weighted by Gasteiger charge is -2.09. The zero-order chi connectivity index (χ0) is 20.0. The van der Waals surface area contributed by atoms with Crippen molar-refractivity contribution in [3.8, 4) is 17.4 Å². The fourth-order valence-corrected chi connectivity index (χ4v) is 2.73. The van der Waals surface area contributed by atoms with Crippen molar-refractivity contribution in [1.29, 1.82) is 0 Å². The number of aromatic hydroxyl groups is 1. The Labute approximate surface area is 155 Å². The molecule has 0 amide bonds. The van der Waals surface area contributed by atoms with E-state index in [1.807, 2.05) is 0 Å². The first-order valence-corrected chi connectivity index (χ1v) is 8.02. The van der Waals surface area contributed by atoms with Gasteiger partial charge < -0.3 is 5.11 Å². The van der Waals surface area contributed by atoms with E-state index >= 15 is 0 Å². The first-order chi connectivity index (χ1) is 13.3. The fraction of sp³-hybridized carbons (Fsp3) is 0.111. The third-order valence-electron chi connectivity index (χ3n) is 4.16. The van der Waals surface area contributed by atoms with Crippen molar-refractivity contribution in [2.75, 3.05) is 0 Å². The molecule has 142 valence electrons. The summed E-state index contributed by atoms with van der Waals surface area (Å²) in [6, 6.07) is 2.09. The summed E-state index contributed by atoms with van der Waals surface area (Å²) >= 11 is 0. The maximum atomic E-state index is 14.2. The van der Waals surface area contributed by atoms with Gasteiger partial charge in [0.25, 0.3) is 5.88 Å². The van der Waals surface area contributed by atoms with Gasteiger partial charge in [-0.25, -0.2) is 23.7 Å². The molecule has 10 heteroatoms. The molecular weight excluding hydrogens is 378 g/mol. The van der Waals surface area contributed by atoms with E-state index in [-0.39, 0.29) is 40.4 Å². The molecule has 0 spiro atoms. The van der Waals surface area contributed by atoms with Crippen LogP contribution in [-0.4, -0.2) is 29.4 Å². The number of hydrogen-bond acceptors (Lipinski definition) is 5. The summed E-state index contributed by atoms with van der Waals surface area (Å²) in [7, 11) is 0. The number of halogens is 4. The van der Waals surface area contributed by atoms with Gasteiger partial charge in [0.2, 0.25) is 11.8 Å². The summed E-state index contributed by atoms with van der Waals surface area (Å²) < 4.78 is 56.4. The van der Waals surface area contributed by atoms with E-state index < -0.39 is 29.3 Å². The van der Waals surface area contributed by atoms with Crippen molar-refractivity contribution in [1.82, 2.24) is 24.3 Å². The van der Waals surface area contributed by atoms with Crippen LogP contribution in [0.4, 0.5) is 17.6 Å². The van der Waals surface area contributed by atoms with Gasteiger partial charge in [0, 0.05) is 12.6 Å². The van der Waals surface area contributed by atoms with E-state index in [0.29, 0.717) is 0 Å². The van der Waals surface area contributed by atoms with Crippen LogP contribution in [0.1, 0.15) is 16.8 Å². The molecule has 0 unspecified atom stereocenters. The van der Waals surface area contributed by atoms with Gasteiger partial charge in [0.05, 0.1) is 18.1 Å². The number of aromatic nitrogens is 5. The first kappa shape index (κ1) is 17.8. The molecule has 0 atom stereocenters. The Bertz CT molecular complexity index is 1220. The lowest BCUT2D eigenvalue weighted by molar-refractivity contribution is 0.409. The van der Waals surface area contributed by atoms with Gasteiger partial charge in [-0.3, -0.25) is 4.40 Å². The zero-order valence-corrected chi connectivity index (χ0v) is 14.3. The van der Waals surface area contributed by atoms with E-state index in [1.165, 1.54) is 13.1 Å². The number of rotatable bonds is 3. The van der Waals surface area contributed by atoms with E-state index in [0.717, 1.165) is 28.9 Å². The normalized spacial score (nSPS) is 11.3. The highest BCUT2D eigenvalue weighted by atomic mass is 19.1. The molecule has 0 aliphatic rings. The van der Waals surface area contributed by atoms with E-state index in [1.54, 1.807) is 0 Å². The Morgan fingerprint density at radius 3 is 2.50 bits per heavy atom. The van der Waals surface area contributed by atoms with Crippen molar-refractivity contribution in [2.24, 2.45) is 0 Å². The summed E-state index contributed by atoms with van der Waals surface area (Å²) in [4.78, 5) is 15.5. The van der Waals surface area contributed by atoms with E-state index in [4.69, 9.17) is 0 Å². The maximum Gasteiger partial charge on any atom is 0.251 e. The van der Waals surface area contributed by atoms with Crippen molar-refractivity contribution < 1.29 is 22.7 Å². The van der Waals surface area contributed by atoms with Crippen LogP contribution in [0.15, 0.2) is 30.7 Å². The Balaban J connectivity index is 1.88. The Morgan fingerprint density at radius 2 is 1.75 bits per heavy atom. The molecule has 0 saturated heterocycles. The highest BCUT2D eigenvalue weighted by Gasteiger charge is 2.18. The number of fused-ring (bicyclic) bond motifs is 1. The minimum Gasteiger partial charge on any atom is -0.491 e. The van der Waals surface area contributed by atoms with Gasteiger partial charge >= 0.3 is 0 Å². The molecule has 4 rings (SSSR count). The smallest absolute Gasteiger partial charge is 0.251 e. The molecule has 0 aliphatic heterocycles. The number of benzene rings is 1. The third kappa shape index (κ3) is 3.02. The minimum atomic E-state index is -1.03. The average Bonchev–Trinajstić information content (AvgIpc) is 3.03.